The van der Waals surface area contributed by atoms with Crippen molar-refractivity contribution in [1.82, 2.24) is 15.2 Å². The van der Waals surface area contributed by atoms with Crippen molar-refractivity contribution in [3.63, 3.8) is 0 Å². The Morgan fingerprint density at radius 3 is 2.50 bits per heavy atom. The van der Waals surface area contributed by atoms with E-state index in [9.17, 15) is 8.42 Å². The molecule has 0 unspecified atom stereocenters. The van der Waals surface area contributed by atoms with Gasteiger partial charge in [0.1, 0.15) is 11.0 Å². The minimum absolute atomic E-state index is 0.238. The summed E-state index contributed by atoms with van der Waals surface area (Å²) in [6, 6.07) is 2.97. The fraction of sp³-hybridized carbons (Fsp3) is 0.125. The molecule has 2 rings (SSSR count). The van der Waals surface area contributed by atoms with E-state index in [2.05, 4.69) is 15.2 Å². The molecule has 0 aliphatic rings. The Kier molecular flexibility index (Phi) is 2.73. The largest absolute Gasteiger partial charge is 0.267 e. The third-order valence-corrected chi connectivity index (χ3v) is 3.13. The maximum atomic E-state index is 11.2. The van der Waals surface area contributed by atoms with Crippen molar-refractivity contribution in [3.05, 3.63) is 22.2 Å². The third-order valence-electron chi connectivity index (χ3n) is 1.79. The molecule has 0 saturated heterocycles. The van der Waals surface area contributed by atoms with Crippen molar-refractivity contribution in [3.8, 4) is 0 Å². The SMILES string of the molecule is CS(=O)(=O)c1nnc2cc(Cl)cc(Cl)c2n1. The van der Waals surface area contributed by atoms with Crippen molar-refractivity contribution in [2.75, 3.05) is 6.26 Å². The zero-order chi connectivity index (χ0) is 11.9. The average Bonchev–Trinajstić information content (AvgIpc) is 2.15. The number of fused-ring (bicyclic) bond motifs is 1. The Labute approximate surface area is 101 Å². The van der Waals surface area contributed by atoms with Crippen LogP contribution in [0.25, 0.3) is 11.0 Å². The van der Waals surface area contributed by atoms with Gasteiger partial charge in [0.15, 0.2) is 0 Å². The van der Waals surface area contributed by atoms with Gasteiger partial charge in [-0.25, -0.2) is 13.4 Å². The highest BCUT2D eigenvalue weighted by atomic mass is 35.5. The Hall–Kier alpha value is -0.980. The first-order valence-electron chi connectivity index (χ1n) is 4.07. The Bertz CT molecular complexity index is 672. The standard InChI is InChI=1S/C8H5Cl2N3O2S/c1-16(14,15)8-11-7-5(10)2-4(9)3-6(7)12-13-8/h2-3H,1H3. The Morgan fingerprint density at radius 1 is 1.19 bits per heavy atom. The minimum atomic E-state index is -3.50. The number of rotatable bonds is 1. The van der Waals surface area contributed by atoms with Gasteiger partial charge in [0.05, 0.1) is 5.02 Å². The summed E-state index contributed by atoms with van der Waals surface area (Å²) in [5.74, 6) is 0. The van der Waals surface area contributed by atoms with Gasteiger partial charge in [-0.05, 0) is 12.1 Å². The molecule has 1 aromatic carbocycles. The lowest BCUT2D eigenvalue weighted by Gasteiger charge is -2.01. The molecular formula is C8H5Cl2N3O2S. The van der Waals surface area contributed by atoms with Crippen LogP contribution in [0.1, 0.15) is 0 Å². The predicted molar refractivity (Wildman–Crippen MR) is 60.5 cm³/mol. The minimum Gasteiger partial charge on any atom is -0.221 e. The lowest BCUT2D eigenvalue weighted by Crippen LogP contribution is -2.05. The van der Waals surface area contributed by atoms with Crippen molar-refractivity contribution in [2.24, 2.45) is 0 Å². The van der Waals surface area contributed by atoms with Crippen LogP contribution in [0.15, 0.2) is 17.3 Å². The lowest BCUT2D eigenvalue weighted by atomic mass is 10.3. The van der Waals surface area contributed by atoms with Gasteiger partial charge in [0, 0.05) is 11.3 Å². The summed E-state index contributed by atoms with van der Waals surface area (Å²) in [7, 11) is -3.50. The van der Waals surface area contributed by atoms with Gasteiger partial charge in [-0.15, -0.1) is 10.2 Å². The van der Waals surface area contributed by atoms with Gasteiger partial charge < -0.3 is 0 Å². The molecule has 0 N–H and O–H groups in total. The maximum Gasteiger partial charge on any atom is 0.267 e. The predicted octanol–water partition coefficient (Wildman–Crippen LogP) is 1.74. The third kappa shape index (κ3) is 2.09. The number of hydrogen-bond donors (Lipinski definition) is 0. The molecule has 0 atom stereocenters. The van der Waals surface area contributed by atoms with Crippen LogP contribution < -0.4 is 0 Å². The fourth-order valence-electron chi connectivity index (χ4n) is 1.11. The summed E-state index contributed by atoms with van der Waals surface area (Å²) in [6.45, 7) is 0. The number of benzene rings is 1. The van der Waals surface area contributed by atoms with E-state index in [1.165, 1.54) is 12.1 Å². The van der Waals surface area contributed by atoms with Crippen LogP contribution in [-0.2, 0) is 9.84 Å². The van der Waals surface area contributed by atoms with Crippen molar-refractivity contribution >= 4 is 44.1 Å². The molecule has 1 heterocycles. The number of aromatic nitrogens is 3. The second kappa shape index (κ2) is 3.80. The maximum absolute atomic E-state index is 11.2. The molecule has 0 aliphatic carbocycles. The van der Waals surface area contributed by atoms with Crippen molar-refractivity contribution in [1.29, 1.82) is 0 Å². The van der Waals surface area contributed by atoms with Gasteiger partial charge in [-0.2, -0.15) is 0 Å². The first kappa shape index (κ1) is 11.5. The monoisotopic (exact) mass is 277 g/mol. The molecule has 0 radical (unpaired) electrons. The topological polar surface area (TPSA) is 72.8 Å². The number of sulfone groups is 1. The second-order valence-electron chi connectivity index (χ2n) is 3.12. The Balaban J connectivity index is 2.82. The highest BCUT2D eigenvalue weighted by Gasteiger charge is 2.14. The molecular weight excluding hydrogens is 273 g/mol. The van der Waals surface area contributed by atoms with Crippen LogP contribution in [0.3, 0.4) is 0 Å². The molecule has 2 aromatic rings. The van der Waals surface area contributed by atoms with Gasteiger partial charge in [0.2, 0.25) is 9.84 Å². The summed E-state index contributed by atoms with van der Waals surface area (Å²) >= 11 is 11.6. The average molecular weight is 278 g/mol. The van der Waals surface area contributed by atoms with Gasteiger partial charge in [-0.1, -0.05) is 23.2 Å². The zero-order valence-electron chi connectivity index (χ0n) is 7.98. The zero-order valence-corrected chi connectivity index (χ0v) is 10.3. The van der Waals surface area contributed by atoms with Crippen molar-refractivity contribution < 1.29 is 8.42 Å². The van der Waals surface area contributed by atoms with Crippen LogP contribution in [-0.4, -0.2) is 29.9 Å². The molecule has 1 aromatic heterocycles. The van der Waals surface area contributed by atoms with Crippen molar-refractivity contribution in [2.45, 2.75) is 5.16 Å². The molecule has 5 nitrogen and oxygen atoms in total. The van der Waals surface area contributed by atoms with Gasteiger partial charge in [-0.3, -0.25) is 0 Å². The highest BCUT2D eigenvalue weighted by molar-refractivity contribution is 7.90. The van der Waals surface area contributed by atoms with E-state index in [-0.39, 0.29) is 15.7 Å². The number of nitrogens with zero attached hydrogens (tertiary/aromatic N) is 3. The lowest BCUT2D eigenvalue weighted by molar-refractivity contribution is 0.591. The molecule has 8 heteroatoms. The van der Waals surface area contributed by atoms with Gasteiger partial charge >= 0.3 is 0 Å². The van der Waals surface area contributed by atoms with E-state index in [1.54, 1.807) is 0 Å². The van der Waals surface area contributed by atoms with Gasteiger partial charge in [0.25, 0.3) is 5.16 Å². The van der Waals surface area contributed by atoms with Crippen LogP contribution in [0.4, 0.5) is 0 Å². The van der Waals surface area contributed by atoms with Crippen LogP contribution in [0.2, 0.25) is 10.0 Å². The summed E-state index contributed by atoms with van der Waals surface area (Å²) in [5, 5.41) is 7.47. The van der Waals surface area contributed by atoms with Crippen LogP contribution in [0, 0.1) is 0 Å². The first-order valence-corrected chi connectivity index (χ1v) is 6.72. The summed E-state index contributed by atoms with van der Waals surface area (Å²) in [4.78, 5) is 3.83. The molecule has 0 spiro atoms. The van der Waals surface area contributed by atoms with Crippen LogP contribution >= 0.6 is 23.2 Å². The fourth-order valence-corrected chi connectivity index (χ4v) is 2.08. The molecule has 0 fully saturated rings. The van der Waals surface area contributed by atoms with Crippen LogP contribution in [0.5, 0.6) is 0 Å². The number of hydrogen-bond acceptors (Lipinski definition) is 5. The molecule has 0 aliphatic heterocycles. The van der Waals surface area contributed by atoms with E-state index < -0.39 is 9.84 Å². The van der Waals surface area contributed by atoms with E-state index in [0.717, 1.165) is 6.26 Å². The quantitative estimate of drug-likeness (QED) is 0.794. The smallest absolute Gasteiger partial charge is 0.221 e. The van der Waals surface area contributed by atoms with E-state index >= 15 is 0 Å². The molecule has 0 bridgehead atoms. The van der Waals surface area contributed by atoms with E-state index in [4.69, 9.17) is 23.2 Å². The summed E-state index contributed by atoms with van der Waals surface area (Å²) < 4.78 is 22.4. The first-order chi connectivity index (χ1) is 7.38. The molecule has 84 valence electrons. The van der Waals surface area contributed by atoms with E-state index in [1.807, 2.05) is 0 Å². The molecule has 0 saturated carbocycles. The normalized spacial score (nSPS) is 11.9. The second-order valence-corrected chi connectivity index (χ2v) is 5.88. The molecule has 0 amide bonds. The Morgan fingerprint density at radius 2 is 1.88 bits per heavy atom. The molecule has 16 heavy (non-hydrogen) atoms. The highest BCUT2D eigenvalue weighted by Crippen LogP contribution is 2.25. The summed E-state index contributed by atoms with van der Waals surface area (Å²) in [5.41, 5.74) is 0.617. The van der Waals surface area contributed by atoms with E-state index in [0.29, 0.717) is 10.5 Å². The summed E-state index contributed by atoms with van der Waals surface area (Å²) in [6.07, 6.45) is 1.000. The number of halogens is 2.